The van der Waals surface area contributed by atoms with E-state index in [1.54, 1.807) is 72.8 Å². The molecule has 0 saturated carbocycles. The molecule has 0 atom stereocenters. The number of carbonyl (C=O) groups is 3. The first-order valence-corrected chi connectivity index (χ1v) is 9.13. The van der Waals surface area contributed by atoms with Gasteiger partial charge in [0.25, 0.3) is 5.91 Å². The first-order chi connectivity index (χ1) is 14.1. The van der Waals surface area contributed by atoms with Crippen LogP contribution < -0.4 is 5.32 Å². The van der Waals surface area contributed by atoms with Crippen LogP contribution in [0.25, 0.3) is 0 Å². The minimum Gasteiger partial charge on any atom is -0.341 e. The van der Waals surface area contributed by atoms with Gasteiger partial charge in [-0.3, -0.25) is 14.4 Å². The van der Waals surface area contributed by atoms with E-state index in [4.69, 9.17) is 0 Å². The second kappa shape index (κ2) is 9.29. The number of amides is 1. The van der Waals surface area contributed by atoms with Gasteiger partial charge in [-0.2, -0.15) is 0 Å². The Morgan fingerprint density at radius 3 is 2.03 bits per heavy atom. The van der Waals surface area contributed by atoms with E-state index >= 15 is 0 Å². The first-order valence-electron chi connectivity index (χ1n) is 9.13. The number of benzene rings is 3. The molecule has 0 aliphatic carbocycles. The van der Waals surface area contributed by atoms with Crippen LogP contribution in [0.1, 0.15) is 49.1 Å². The lowest BCUT2D eigenvalue weighted by atomic mass is 9.98. The molecule has 0 aromatic heterocycles. The first kappa shape index (κ1) is 19.8. The predicted octanol–water partition coefficient (Wildman–Crippen LogP) is 3.90. The van der Waals surface area contributed by atoms with Crippen molar-refractivity contribution in [3.05, 3.63) is 107 Å². The molecular weight excluding hydrogens is 362 g/mol. The van der Waals surface area contributed by atoms with Crippen molar-refractivity contribution in [3.8, 4) is 11.8 Å². The largest absolute Gasteiger partial charge is 0.341 e. The maximum absolute atomic E-state index is 12.7. The van der Waals surface area contributed by atoms with E-state index in [-0.39, 0.29) is 24.0 Å². The lowest BCUT2D eigenvalue weighted by molar-refractivity contribution is 0.0946. The van der Waals surface area contributed by atoms with Crippen molar-refractivity contribution in [2.24, 2.45) is 0 Å². The third-order valence-corrected chi connectivity index (χ3v) is 4.31. The summed E-state index contributed by atoms with van der Waals surface area (Å²) in [6.45, 7) is 1.65. The van der Waals surface area contributed by atoms with Crippen LogP contribution in [0.3, 0.4) is 0 Å². The van der Waals surface area contributed by atoms with Gasteiger partial charge in [-0.25, -0.2) is 0 Å². The molecule has 3 rings (SSSR count). The highest BCUT2D eigenvalue weighted by atomic mass is 16.2. The second-order valence-corrected chi connectivity index (χ2v) is 6.36. The second-order valence-electron chi connectivity index (χ2n) is 6.36. The number of ketones is 2. The molecule has 0 heterocycles. The molecule has 3 aromatic carbocycles. The van der Waals surface area contributed by atoms with Gasteiger partial charge >= 0.3 is 0 Å². The van der Waals surface area contributed by atoms with Crippen molar-refractivity contribution in [1.82, 2.24) is 5.32 Å². The van der Waals surface area contributed by atoms with E-state index in [2.05, 4.69) is 17.2 Å². The van der Waals surface area contributed by atoms with Crippen LogP contribution >= 0.6 is 0 Å². The highest BCUT2D eigenvalue weighted by Gasteiger charge is 2.17. The Morgan fingerprint density at radius 2 is 1.38 bits per heavy atom. The maximum Gasteiger partial charge on any atom is 0.252 e. The van der Waals surface area contributed by atoms with Crippen LogP contribution in [-0.4, -0.2) is 24.0 Å². The molecule has 0 bridgehead atoms. The Morgan fingerprint density at radius 1 is 0.759 bits per heavy atom. The van der Waals surface area contributed by atoms with Gasteiger partial charge in [0.2, 0.25) is 0 Å². The van der Waals surface area contributed by atoms with Crippen molar-refractivity contribution in [2.75, 3.05) is 6.54 Å². The zero-order chi connectivity index (χ0) is 20.6. The van der Waals surface area contributed by atoms with Crippen molar-refractivity contribution >= 4 is 17.5 Å². The van der Waals surface area contributed by atoms with Gasteiger partial charge < -0.3 is 5.32 Å². The molecule has 0 aliphatic heterocycles. The SMILES string of the molecule is CC(=O)c1ccc(C#CCNC(=O)c2ccccc2C(=O)c2ccccc2)cc1. The monoisotopic (exact) mass is 381 g/mol. The van der Waals surface area contributed by atoms with Crippen LogP contribution in [0, 0.1) is 11.8 Å². The van der Waals surface area contributed by atoms with E-state index in [1.165, 1.54) is 6.92 Å². The third-order valence-electron chi connectivity index (χ3n) is 4.31. The van der Waals surface area contributed by atoms with Crippen molar-refractivity contribution in [2.45, 2.75) is 6.92 Å². The Kier molecular flexibility index (Phi) is 6.34. The molecule has 0 aliphatic rings. The fourth-order valence-electron chi connectivity index (χ4n) is 2.78. The molecule has 1 N–H and O–H groups in total. The number of hydrogen-bond acceptors (Lipinski definition) is 3. The molecule has 3 aromatic rings. The summed E-state index contributed by atoms with van der Waals surface area (Å²) in [7, 11) is 0. The Labute approximate surface area is 169 Å². The average molecular weight is 381 g/mol. The van der Waals surface area contributed by atoms with E-state index in [0.717, 1.165) is 5.56 Å². The molecule has 0 fully saturated rings. The molecule has 29 heavy (non-hydrogen) atoms. The maximum atomic E-state index is 12.7. The van der Waals surface area contributed by atoms with Gasteiger partial charge in [-0.1, -0.05) is 72.5 Å². The fraction of sp³-hybridized carbons (Fsp3) is 0.0800. The van der Waals surface area contributed by atoms with Crippen molar-refractivity contribution < 1.29 is 14.4 Å². The lowest BCUT2D eigenvalue weighted by Gasteiger charge is -2.08. The predicted molar refractivity (Wildman–Crippen MR) is 112 cm³/mol. The number of hydrogen-bond donors (Lipinski definition) is 1. The Bertz CT molecular complexity index is 1100. The number of rotatable bonds is 5. The fourth-order valence-corrected chi connectivity index (χ4v) is 2.78. The zero-order valence-electron chi connectivity index (χ0n) is 15.9. The molecule has 1 amide bonds. The van der Waals surface area contributed by atoms with Gasteiger partial charge in [-0.15, -0.1) is 0 Å². The van der Waals surface area contributed by atoms with Gasteiger partial charge in [-0.05, 0) is 25.1 Å². The van der Waals surface area contributed by atoms with E-state index in [1.807, 2.05) is 6.07 Å². The van der Waals surface area contributed by atoms with Gasteiger partial charge in [0.1, 0.15) is 0 Å². The minimum atomic E-state index is -0.355. The zero-order valence-corrected chi connectivity index (χ0v) is 15.9. The number of nitrogens with one attached hydrogen (secondary N) is 1. The average Bonchev–Trinajstić information content (AvgIpc) is 2.77. The summed E-state index contributed by atoms with van der Waals surface area (Å²) in [6.07, 6.45) is 0. The van der Waals surface area contributed by atoms with Crippen LogP contribution in [-0.2, 0) is 0 Å². The van der Waals surface area contributed by atoms with Crippen molar-refractivity contribution in [1.29, 1.82) is 0 Å². The molecular formula is C25H19NO3. The van der Waals surface area contributed by atoms with Crippen molar-refractivity contribution in [3.63, 3.8) is 0 Å². The molecule has 0 spiro atoms. The molecule has 142 valence electrons. The third kappa shape index (κ3) is 5.06. The highest BCUT2D eigenvalue weighted by Crippen LogP contribution is 2.14. The Balaban J connectivity index is 1.68. The topological polar surface area (TPSA) is 63.2 Å². The molecule has 0 radical (unpaired) electrons. The normalized spacial score (nSPS) is 9.83. The summed E-state index contributed by atoms with van der Waals surface area (Å²) >= 11 is 0. The summed E-state index contributed by atoms with van der Waals surface area (Å²) in [5, 5.41) is 2.73. The summed E-state index contributed by atoms with van der Waals surface area (Å²) in [4.78, 5) is 36.6. The van der Waals surface area contributed by atoms with Crippen LogP contribution in [0.4, 0.5) is 0 Å². The minimum absolute atomic E-state index is 0.000452. The van der Waals surface area contributed by atoms with Gasteiger partial charge in [0.15, 0.2) is 11.6 Å². The van der Waals surface area contributed by atoms with E-state index in [0.29, 0.717) is 22.3 Å². The molecule has 0 saturated heterocycles. The number of Topliss-reactive ketones (excluding diaryl/α,β-unsaturated/α-hetero) is 1. The molecule has 4 nitrogen and oxygen atoms in total. The quantitative estimate of drug-likeness (QED) is 0.539. The highest BCUT2D eigenvalue weighted by molar-refractivity contribution is 6.15. The van der Waals surface area contributed by atoms with Gasteiger partial charge in [0, 0.05) is 22.3 Å². The van der Waals surface area contributed by atoms with Crippen LogP contribution in [0.15, 0.2) is 78.9 Å². The number of carbonyl (C=O) groups excluding carboxylic acids is 3. The van der Waals surface area contributed by atoms with Gasteiger partial charge in [0.05, 0.1) is 12.1 Å². The summed E-state index contributed by atoms with van der Waals surface area (Å²) in [5.41, 5.74) is 2.58. The molecule has 4 heteroatoms. The standard InChI is InChI=1S/C25H19NO3/c1-18(27)20-15-13-19(14-16-20)8-7-17-26-25(29)23-12-6-5-11-22(23)24(28)21-9-3-2-4-10-21/h2-6,9-16H,17H2,1H3,(H,26,29). The van der Waals surface area contributed by atoms with E-state index in [9.17, 15) is 14.4 Å². The molecule has 0 unspecified atom stereocenters. The smallest absolute Gasteiger partial charge is 0.252 e. The van der Waals surface area contributed by atoms with Crippen LogP contribution in [0.5, 0.6) is 0 Å². The summed E-state index contributed by atoms with van der Waals surface area (Å²) in [5.74, 6) is 5.26. The lowest BCUT2D eigenvalue weighted by Crippen LogP contribution is -2.25. The summed E-state index contributed by atoms with van der Waals surface area (Å²) in [6, 6.07) is 22.5. The summed E-state index contributed by atoms with van der Waals surface area (Å²) < 4.78 is 0. The van der Waals surface area contributed by atoms with Crippen LogP contribution in [0.2, 0.25) is 0 Å². The van der Waals surface area contributed by atoms with E-state index < -0.39 is 0 Å². The Hall–Kier alpha value is -3.97.